The first-order chi connectivity index (χ1) is 5.25. The van der Waals surface area contributed by atoms with Crippen molar-refractivity contribution in [3.63, 3.8) is 0 Å². The highest BCUT2D eigenvalue weighted by Gasteiger charge is 2.08. The fourth-order valence-corrected chi connectivity index (χ4v) is 0.795. The van der Waals surface area contributed by atoms with Gasteiger partial charge < -0.3 is 14.8 Å². The molecule has 0 saturated carbocycles. The maximum atomic E-state index is 10.4. The van der Waals surface area contributed by atoms with Gasteiger partial charge in [-0.3, -0.25) is 0 Å². The number of hydrogen-bond acceptors (Lipinski definition) is 3. The number of aromatic carboxylic acids is 1. The number of hydrogen-bond donors (Lipinski definition) is 2. The molecule has 11 heavy (non-hydrogen) atoms. The van der Waals surface area contributed by atoms with Gasteiger partial charge in [-0.05, 0) is 0 Å². The van der Waals surface area contributed by atoms with Gasteiger partial charge in [-0.15, -0.1) is 0 Å². The maximum Gasteiger partial charge on any atom is 0.372 e. The van der Waals surface area contributed by atoms with Crippen molar-refractivity contribution >= 4 is 5.97 Å². The normalized spacial score (nSPS) is 9.91. The average Bonchev–Trinajstić information content (AvgIpc) is 2.36. The van der Waals surface area contributed by atoms with Crippen LogP contribution >= 0.6 is 0 Å². The van der Waals surface area contributed by atoms with E-state index in [1.165, 1.54) is 17.0 Å². The summed E-state index contributed by atoms with van der Waals surface area (Å²) in [5, 5.41) is 17.0. The van der Waals surface area contributed by atoms with Gasteiger partial charge in [0.25, 0.3) is 0 Å². The molecule has 0 fully saturated rings. The predicted molar refractivity (Wildman–Crippen MR) is 36.3 cm³/mol. The zero-order valence-corrected chi connectivity index (χ0v) is 5.77. The second-order valence-corrected chi connectivity index (χ2v) is 1.97. The van der Waals surface area contributed by atoms with E-state index in [9.17, 15) is 4.79 Å². The van der Waals surface area contributed by atoms with Gasteiger partial charge in [0.1, 0.15) is 0 Å². The molecule has 1 rings (SSSR count). The fraction of sp³-hybridized carbons (Fsp3) is 0.333. The second kappa shape index (κ2) is 3.16. The average molecular weight is 156 g/mol. The van der Waals surface area contributed by atoms with Crippen molar-refractivity contribution in [3.8, 4) is 0 Å². The molecule has 1 heterocycles. The van der Waals surface area contributed by atoms with E-state index in [1.54, 1.807) is 0 Å². The quantitative estimate of drug-likeness (QED) is 0.622. The summed E-state index contributed by atoms with van der Waals surface area (Å²) in [6, 6.07) is 0. The van der Waals surface area contributed by atoms with Crippen LogP contribution in [0.3, 0.4) is 0 Å². The van der Waals surface area contributed by atoms with Gasteiger partial charge in [0, 0.05) is 18.9 Å². The van der Waals surface area contributed by atoms with Crippen LogP contribution in [0.15, 0.2) is 12.4 Å². The van der Waals surface area contributed by atoms with Gasteiger partial charge in [-0.1, -0.05) is 0 Å². The first kappa shape index (κ1) is 7.74. The van der Waals surface area contributed by atoms with Crippen LogP contribution in [-0.4, -0.2) is 32.3 Å². The molecule has 0 amide bonds. The lowest BCUT2D eigenvalue weighted by Crippen LogP contribution is -2.11. The largest absolute Gasteiger partial charge is 0.475 e. The number of aliphatic hydroxyl groups excluding tert-OH is 1. The van der Waals surface area contributed by atoms with Crippen LogP contribution in [0.4, 0.5) is 0 Å². The smallest absolute Gasteiger partial charge is 0.372 e. The Morgan fingerprint density at radius 3 is 3.00 bits per heavy atom. The molecule has 60 valence electrons. The third kappa shape index (κ3) is 1.56. The Morgan fingerprint density at radius 2 is 2.45 bits per heavy atom. The number of aliphatic hydroxyl groups is 1. The topological polar surface area (TPSA) is 75.3 Å². The summed E-state index contributed by atoms with van der Waals surface area (Å²) >= 11 is 0. The Labute approximate surface area is 62.9 Å². The molecule has 0 spiro atoms. The van der Waals surface area contributed by atoms with Crippen LogP contribution in [0.2, 0.25) is 0 Å². The number of aromatic nitrogens is 2. The minimum absolute atomic E-state index is 0.0425. The summed E-state index contributed by atoms with van der Waals surface area (Å²) in [4.78, 5) is 14.0. The molecule has 2 N–H and O–H groups in total. The van der Waals surface area contributed by atoms with Gasteiger partial charge >= 0.3 is 5.97 Å². The van der Waals surface area contributed by atoms with E-state index >= 15 is 0 Å². The highest BCUT2D eigenvalue weighted by molar-refractivity contribution is 5.83. The monoisotopic (exact) mass is 156 g/mol. The summed E-state index contributed by atoms with van der Waals surface area (Å²) < 4.78 is 1.38. The Bertz CT molecular complexity index is 256. The van der Waals surface area contributed by atoms with Crippen molar-refractivity contribution in [1.29, 1.82) is 0 Å². The molecule has 0 aromatic carbocycles. The van der Waals surface area contributed by atoms with E-state index < -0.39 is 5.97 Å². The highest BCUT2D eigenvalue weighted by Crippen LogP contribution is 1.95. The Hall–Kier alpha value is -1.36. The van der Waals surface area contributed by atoms with E-state index in [2.05, 4.69) is 4.98 Å². The van der Waals surface area contributed by atoms with Crippen molar-refractivity contribution in [2.75, 3.05) is 6.61 Å². The minimum Gasteiger partial charge on any atom is -0.475 e. The molecule has 0 aliphatic carbocycles. The van der Waals surface area contributed by atoms with E-state index in [4.69, 9.17) is 10.2 Å². The molecule has 1 aromatic rings. The lowest BCUT2D eigenvalue weighted by atomic mass is 10.5. The minimum atomic E-state index is -1.08. The molecule has 0 saturated heterocycles. The highest BCUT2D eigenvalue weighted by atomic mass is 16.4. The molecule has 5 nitrogen and oxygen atoms in total. The van der Waals surface area contributed by atoms with Crippen LogP contribution in [0.1, 0.15) is 10.6 Å². The Kier molecular flexibility index (Phi) is 2.22. The molecule has 1 aromatic heterocycles. The van der Waals surface area contributed by atoms with Gasteiger partial charge in [0.15, 0.2) is 0 Å². The first-order valence-electron chi connectivity index (χ1n) is 3.11. The number of carbonyl (C=O) groups is 1. The van der Waals surface area contributed by atoms with Crippen molar-refractivity contribution in [2.24, 2.45) is 0 Å². The van der Waals surface area contributed by atoms with E-state index in [0.29, 0.717) is 0 Å². The SMILES string of the molecule is O=C(O)c1nccn1CCO. The summed E-state index contributed by atoms with van der Waals surface area (Å²) in [5.41, 5.74) is 0. The molecule has 0 aliphatic rings. The fourth-order valence-electron chi connectivity index (χ4n) is 0.795. The maximum absolute atomic E-state index is 10.4. The Balaban J connectivity index is 2.87. The third-order valence-corrected chi connectivity index (χ3v) is 1.25. The van der Waals surface area contributed by atoms with Crippen LogP contribution in [0.25, 0.3) is 0 Å². The van der Waals surface area contributed by atoms with Crippen LogP contribution in [0.5, 0.6) is 0 Å². The van der Waals surface area contributed by atoms with E-state index in [1.807, 2.05) is 0 Å². The number of imidazole rings is 1. The standard InChI is InChI=1S/C6H8N2O3/c9-4-3-8-2-1-7-5(8)6(10)11/h1-2,9H,3-4H2,(H,10,11). The number of carboxylic acid groups (broad SMARTS) is 1. The molecule has 0 atom stereocenters. The van der Waals surface area contributed by atoms with Crippen molar-refractivity contribution < 1.29 is 15.0 Å². The van der Waals surface area contributed by atoms with Gasteiger partial charge in [-0.2, -0.15) is 0 Å². The van der Waals surface area contributed by atoms with Gasteiger partial charge in [-0.25, -0.2) is 9.78 Å². The molecule has 0 radical (unpaired) electrons. The van der Waals surface area contributed by atoms with Gasteiger partial charge in [0.05, 0.1) is 6.61 Å². The lowest BCUT2D eigenvalue weighted by Gasteiger charge is -1.99. The third-order valence-electron chi connectivity index (χ3n) is 1.25. The zero-order chi connectivity index (χ0) is 8.27. The summed E-state index contributed by atoms with van der Waals surface area (Å²) in [7, 11) is 0. The van der Waals surface area contributed by atoms with E-state index in [-0.39, 0.29) is 19.0 Å². The lowest BCUT2D eigenvalue weighted by molar-refractivity contribution is 0.0677. The molecular formula is C6H8N2O3. The van der Waals surface area contributed by atoms with Crippen molar-refractivity contribution in [2.45, 2.75) is 6.54 Å². The molecule has 0 bridgehead atoms. The second-order valence-electron chi connectivity index (χ2n) is 1.97. The molecule has 0 aliphatic heterocycles. The number of nitrogens with zero attached hydrogens (tertiary/aromatic N) is 2. The van der Waals surface area contributed by atoms with Crippen LogP contribution in [-0.2, 0) is 6.54 Å². The molecule has 0 unspecified atom stereocenters. The van der Waals surface area contributed by atoms with Gasteiger partial charge in [0.2, 0.25) is 5.82 Å². The summed E-state index contributed by atoms with van der Waals surface area (Å²) in [6.45, 7) is 0.179. The number of rotatable bonds is 3. The summed E-state index contributed by atoms with van der Waals surface area (Å²) in [6.07, 6.45) is 2.90. The van der Waals surface area contributed by atoms with E-state index in [0.717, 1.165) is 0 Å². The molecule has 5 heteroatoms. The molecular weight excluding hydrogens is 148 g/mol. The Morgan fingerprint density at radius 1 is 1.73 bits per heavy atom. The number of carboxylic acids is 1. The predicted octanol–water partition coefficient (Wildman–Crippen LogP) is -0.426. The van der Waals surface area contributed by atoms with Crippen LogP contribution < -0.4 is 0 Å². The van der Waals surface area contributed by atoms with Crippen molar-refractivity contribution in [1.82, 2.24) is 9.55 Å². The zero-order valence-electron chi connectivity index (χ0n) is 5.77. The van der Waals surface area contributed by atoms with Crippen molar-refractivity contribution in [3.05, 3.63) is 18.2 Å². The first-order valence-corrected chi connectivity index (χ1v) is 3.11. The summed E-state index contributed by atoms with van der Waals surface area (Å²) in [5.74, 6) is -1.12. The van der Waals surface area contributed by atoms with Crippen LogP contribution in [0, 0.1) is 0 Å².